The van der Waals surface area contributed by atoms with Crippen LogP contribution in [-0.2, 0) is 16.6 Å². The second-order valence-electron chi connectivity index (χ2n) is 5.36. The maximum atomic E-state index is 14.2. The molecule has 6 nitrogen and oxygen atoms in total. The van der Waals surface area contributed by atoms with Gasteiger partial charge in [0.2, 0.25) is 5.95 Å². The van der Waals surface area contributed by atoms with Gasteiger partial charge in [-0.3, -0.25) is 9.63 Å². The maximum Gasteiger partial charge on any atom is 0.284 e. The number of aryl methyl sites for hydroxylation is 2. The largest absolute Gasteiger partial charge is 0.374 e. The molecule has 0 fully saturated rings. The second-order valence-corrected chi connectivity index (χ2v) is 7.22. The molecule has 1 amide bonds. The Balaban J connectivity index is 2.38. The number of hydroxylamine groups is 2. The van der Waals surface area contributed by atoms with Crippen molar-refractivity contribution in [2.24, 2.45) is 7.05 Å². The molecule has 0 bridgehead atoms. The molecule has 0 radical (unpaired) electrons. The summed E-state index contributed by atoms with van der Waals surface area (Å²) in [6, 6.07) is -0.607. The fraction of sp³-hybridized carbons (Fsp3) is 0.467. The first kappa shape index (κ1) is 20.1. The molecule has 0 N–H and O–H groups in total. The van der Waals surface area contributed by atoms with Gasteiger partial charge in [0.1, 0.15) is 16.0 Å². The van der Waals surface area contributed by atoms with Gasteiger partial charge >= 0.3 is 0 Å². The van der Waals surface area contributed by atoms with Crippen molar-refractivity contribution in [2.45, 2.75) is 26.0 Å². The molecule has 0 aromatic carbocycles. The number of rotatable bonds is 6. The predicted molar refractivity (Wildman–Crippen MR) is 94.6 cm³/mol. The van der Waals surface area contributed by atoms with E-state index in [0.29, 0.717) is 14.9 Å². The Bertz CT molecular complexity index is 780. The lowest BCUT2D eigenvalue weighted by molar-refractivity contribution is -0.148. The summed E-state index contributed by atoms with van der Waals surface area (Å²) in [6.07, 6.45) is -0.611. The second kappa shape index (κ2) is 8.01. The molecule has 2 heterocycles. The van der Waals surface area contributed by atoms with Crippen LogP contribution < -0.4 is 0 Å². The Hall–Kier alpha value is -1.19. The van der Waals surface area contributed by atoms with Crippen LogP contribution in [-0.4, -0.2) is 41.0 Å². The van der Waals surface area contributed by atoms with Crippen LogP contribution >= 0.6 is 34.5 Å². The quantitative estimate of drug-likeness (QED) is 0.676. The zero-order chi connectivity index (χ0) is 18.9. The van der Waals surface area contributed by atoms with Crippen LogP contribution in [0.15, 0.2) is 5.38 Å². The minimum absolute atomic E-state index is 0.152. The number of ether oxygens (including phenoxy) is 1. The third-order valence-corrected chi connectivity index (χ3v) is 5.70. The van der Waals surface area contributed by atoms with Crippen molar-refractivity contribution < 1.29 is 18.8 Å². The molecule has 0 aliphatic heterocycles. The number of carbonyl (C=O) groups is 1. The third kappa shape index (κ3) is 3.68. The Morgan fingerprint density at radius 2 is 2.08 bits per heavy atom. The number of carbonyl (C=O) groups excluding carboxylic acids is 1. The predicted octanol–water partition coefficient (Wildman–Crippen LogP) is 4.02. The number of methoxy groups -OCH3 is 1. The highest BCUT2D eigenvalue weighted by molar-refractivity contribution is 7.15. The molecule has 2 aromatic rings. The molecular formula is C15H18Cl2FN3O3S. The monoisotopic (exact) mass is 409 g/mol. The highest BCUT2D eigenvalue weighted by atomic mass is 35.5. The number of amides is 1. The fourth-order valence-electron chi connectivity index (χ4n) is 2.65. The van der Waals surface area contributed by atoms with E-state index in [1.807, 2.05) is 0 Å². The van der Waals surface area contributed by atoms with Crippen molar-refractivity contribution in [1.82, 2.24) is 14.8 Å². The molecule has 0 saturated heterocycles. The molecule has 0 aliphatic rings. The van der Waals surface area contributed by atoms with Gasteiger partial charge in [0, 0.05) is 19.7 Å². The van der Waals surface area contributed by atoms with Gasteiger partial charge in [-0.1, -0.05) is 23.2 Å². The van der Waals surface area contributed by atoms with E-state index >= 15 is 0 Å². The van der Waals surface area contributed by atoms with Crippen LogP contribution in [0.2, 0.25) is 9.36 Å². The number of aromatic nitrogens is 2. The first-order valence-corrected chi connectivity index (χ1v) is 8.90. The first-order chi connectivity index (χ1) is 11.7. The summed E-state index contributed by atoms with van der Waals surface area (Å²) in [4.78, 5) is 18.0. The summed E-state index contributed by atoms with van der Waals surface area (Å²) in [7, 11) is 4.23. The van der Waals surface area contributed by atoms with Crippen molar-refractivity contribution in [3.8, 4) is 0 Å². The molecule has 138 valence electrons. The highest BCUT2D eigenvalue weighted by Crippen LogP contribution is 2.39. The van der Waals surface area contributed by atoms with Gasteiger partial charge in [0.05, 0.1) is 23.9 Å². The van der Waals surface area contributed by atoms with E-state index < -0.39 is 24.0 Å². The molecule has 25 heavy (non-hydrogen) atoms. The van der Waals surface area contributed by atoms with Crippen molar-refractivity contribution >= 4 is 40.4 Å². The lowest BCUT2D eigenvalue weighted by atomic mass is 10.1. The standard InChI is InChI=1S/C15H18Cl2FN3O3S/c1-7-10(14(18)20(3)19-7)15(22)21(24-5)8(2)12(23-4)9-6-25-13(17)11(9)16/h6,8,12H,1-5H3. The number of thiophene rings is 1. The molecule has 2 unspecified atom stereocenters. The van der Waals surface area contributed by atoms with Gasteiger partial charge in [0.15, 0.2) is 0 Å². The lowest BCUT2D eigenvalue weighted by Gasteiger charge is -2.31. The molecule has 10 heteroatoms. The minimum atomic E-state index is -0.734. The van der Waals surface area contributed by atoms with Crippen molar-refractivity contribution in [2.75, 3.05) is 14.2 Å². The highest BCUT2D eigenvalue weighted by Gasteiger charge is 2.35. The van der Waals surface area contributed by atoms with Gasteiger partial charge < -0.3 is 4.74 Å². The summed E-state index contributed by atoms with van der Waals surface area (Å²) in [6.45, 7) is 3.26. The normalized spacial score (nSPS) is 13.8. The molecular weight excluding hydrogens is 392 g/mol. The topological polar surface area (TPSA) is 56.6 Å². The molecule has 0 aliphatic carbocycles. The van der Waals surface area contributed by atoms with Gasteiger partial charge in [-0.2, -0.15) is 9.49 Å². The van der Waals surface area contributed by atoms with Gasteiger partial charge in [-0.15, -0.1) is 11.3 Å². The third-order valence-electron chi connectivity index (χ3n) is 3.85. The Kier molecular flexibility index (Phi) is 6.45. The van der Waals surface area contributed by atoms with E-state index in [-0.39, 0.29) is 11.3 Å². The lowest BCUT2D eigenvalue weighted by Crippen LogP contribution is -2.42. The van der Waals surface area contributed by atoms with Crippen LogP contribution in [0, 0.1) is 12.9 Å². The van der Waals surface area contributed by atoms with E-state index in [1.165, 1.54) is 32.6 Å². The van der Waals surface area contributed by atoms with Crippen molar-refractivity contribution in [3.05, 3.63) is 37.5 Å². The van der Waals surface area contributed by atoms with Gasteiger partial charge in [0.25, 0.3) is 5.91 Å². The number of halogens is 3. The maximum absolute atomic E-state index is 14.2. The Morgan fingerprint density at radius 1 is 1.44 bits per heavy atom. The van der Waals surface area contributed by atoms with Crippen LogP contribution in [0.1, 0.15) is 34.6 Å². The van der Waals surface area contributed by atoms with Gasteiger partial charge in [-0.05, 0) is 19.2 Å². The number of nitrogens with zero attached hydrogens (tertiary/aromatic N) is 3. The van der Waals surface area contributed by atoms with Crippen LogP contribution in [0.5, 0.6) is 0 Å². The summed E-state index contributed by atoms with van der Waals surface area (Å²) in [5.74, 6) is -1.39. The summed E-state index contributed by atoms with van der Waals surface area (Å²) >= 11 is 13.5. The molecule has 2 aromatic heterocycles. The van der Waals surface area contributed by atoms with Crippen LogP contribution in [0.3, 0.4) is 0 Å². The van der Waals surface area contributed by atoms with E-state index in [1.54, 1.807) is 19.2 Å². The molecule has 2 atom stereocenters. The summed E-state index contributed by atoms with van der Waals surface area (Å²) < 4.78 is 21.2. The number of hydrogen-bond acceptors (Lipinski definition) is 5. The molecule has 0 saturated carbocycles. The number of hydrogen-bond donors (Lipinski definition) is 0. The van der Waals surface area contributed by atoms with E-state index in [9.17, 15) is 9.18 Å². The Labute approximate surface area is 159 Å². The smallest absolute Gasteiger partial charge is 0.284 e. The fourth-order valence-corrected chi connectivity index (χ4v) is 3.96. The van der Waals surface area contributed by atoms with Crippen molar-refractivity contribution in [3.63, 3.8) is 0 Å². The van der Waals surface area contributed by atoms with Gasteiger partial charge in [-0.25, -0.2) is 9.75 Å². The average Bonchev–Trinajstić information content (AvgIpc) is 3.01. The first-order valence-electron chi connectivity index (χ1n) is 7.26. The van der Waals surface area contributed by atoms with E-state index in [0.717, 1.165) is 9.75 Å². The minimum Gasteiger partial charge on any atom is -0.374 e. The molecule has 2 rings (SSSR count). The SMILES string of the molecule is COC(c1csc(Cl)c1Cl)C(C)N(OC)C(=O)c1c(C)nn(C)c1F. The average molecular weight is 410 g/mol. The van der Waals surface area contributed by atoms with Crippen LogP contribution in [0.25, 0.3) is 0 Å². The Morgan fingerprint density at radius 3 is 2.48 bits per heavy atom. The zero-order valence-electron chi connectivity index (χ0n) is 14.3. The van der Waals surface area contributed by atoms with Crippen molar-refractivity contribution in [1.29, 1.82) is 0 Å². The van der Waals surface area contributed by atoms with Crippen LogP contribution in [0.4, 0.5) is 4.39 Å². The molecule has 0 spiro atoms. The van der Waals surface area contributed by atoms with E-state index in [2.05, 4.69) is 5.10 Å². The summed E-state index contributed by atoms with van der Waals surface area (Å²) in [5, 5.41) is 7.08. The summed E-state index contributed by atoms with van der Waals surface area (Å²) in [5.41, 5.74) is 0.746. The van der Waals surface area contributed by atoms with E-state index in [4.69, 9.17) is 32.8 Å². The zero-order valence-corrected chi connectivity index (χ0v) is 16.7.